The van der Waals surface area contributed by atoms with Gasteiger partial charge in [0.15, 0.2) is 5.78 Å². The predicted octanol–water partition coefficient (Wildman–Crippen LogP) is 4.23. The quantitative estimate of drug-likeness (QED) is 0.750. The van der Waals surface area contributed by atoms with Crippen LogP contribution in [-0.4, -0.2) is 5.78 Å². The molecule has 1 nitrogen and oxygen atoms in total. The third-order valence-electron chi connectivity index (χ3n) is 2.87. The van der Waals surface area contributed by atoms with Gasteiger partial charge in [-0.2, -0.15) is 0 Å². The van der Waals surface area contributed by atoms with E-state index in [2.05, 4.69) is 29.8 Å². The number of hydrogen-bond acceptors (Lipinski definition) is 1. The minimum atomic E-state index is 0.0723. The number of ketones is 1. The van der Waals surface area contributed by atoms with Crippen molar-refractivity contribution in [3.63, 3.8) is 0 Å². The summed E-state index contributed by atoms with van der Waals surface area (Å²) in [5, 5.41) is 0. The monoisotopic (exact) mass is 268 g/mol. The maximum Gasteiger partial charge on any atom is 0.167 e. The number of Topliss-reactive ketones (excluding diaryl/α,β-unsaturated/α-hetero) is 1. The molecule has 1 unspecified atom stereocenters. The van der Waals surface area contributed by atoms with Crippen molar-refractivity contribution >= 4 is 21.7 Å². The van der Waals surface area contributed by atoms with Crippen molar-refractivity contribution < 1.29 is 4.79 Å². The molecule has 0 heterocycles. The van der Waals surface area contributed by atoms with E-state index >= 15 is 0 Å². The second-order valence-electron chi connectivity index (χ2n) is 4.33. The van der Waals surface area contributed by atoms with Crippen molar-refractivity contribution in [3.05, 3.63) is 33.8 Å². The van der Waals surface area contributed by atoms with E-state index in [0.29, 0.717) is 5.92 Å². The summed E-state index contributed by atoms with van der Waals surface area (Å²) in [6, 6.07) is 5.82. The molecule has 2 heteroatoms. The lowest BCUT2D eigenvalue weighted by Crippen LogP contribution is -2.17. The summed E-state index contributed by atoms with van der Waals surface area (Å²) >= 11 is 3.48. The first-order chi connectivity index (χ1) is 6.95. The Morgan fingerprint density at radius 2 is 1.87 bits per heavy atom. The zero-order valence-electron chi connectivity index (χ0n) is 9.67. The van der Waals surface area contributed by atoms with Gasteiger partial charge in [0.05, 0.1) is 0 Å². The molecule has 15 heavy (non-hydrogen) atoms. The number of rotatable bonds is 3. The van der Waals surface area contributed by atoms with Crippen molar-refractivity contribution in [2.45, 2.75) is 27.7 Å². The summed E-state index contributed by atoms with van der Waals surface area (Å²) in [4.78, 5) is 12.1. The topological polar surface area (TPSA) is 17.1 Å². The molecular formula is C13H17BrO. The van der Waals surface area contributed by atoms with Crippen LogP contribution in [0.5, 0.6) is 0 Å². The van der Waals surface area contributed by atoms with Crippen LogP contribution in [0.3, 0.4) is 0 Å². The van der Waals surface area contributed by atoms with Gasteiger partial charge in [0.2, 0.25) is 0 Å². The molecule has 0 radical (unpaired) electrons. The molecule has 82 valence electrons. The van der Waals surface area contributed by atoms with E-state index in [-0.39, 0.29) is 11.7 Å². The van der Waals surface area contributed by atoms with Gasteiger partial charge in [-0.3, -0.25) is 4.79 Å². The average molecular weight is 269 g/mol. The highest BCUT2D eigenvalue weighted by atomic mass is 79.9. The van der Waals surface area contributed by atoms with Gasteiger partial charge in [0.25, 0.3) is 0 Å². The van der Waals surface area contributed by atoms with E-state index in [1.54, 1.807) is 0 Å². The summed E-state index contributed by atoms with van der Waals surface area (Å²) in [5.74, 6) is 0.675. The van der Waals surface area contributed by atoms with E-state index < -0.39 is 0 Å². The number of aryl methyl sites for hydroxylation is 1. The lowest BCUT2D eigenvalue weighted by Gasteiger charge is -2.15. The Balaban J connectivity index is 3.07. The smallest absolute Gasteiger partial charge is 0.167 e. The third-order valence-corrected chi connectivity index (χ3v) is 3.92. The van der Waals surface area contributed by atoms with Gasteiger partial charge in [-0.1, -0.05) is 39.0 Å². The van der Waals surface area contributed by atoms with Crippen LogP contribution in [0, 0.1) is 18.8 Å². The first-order valence-electron chi connectivity index (χ1n) is 5.24. The fourth-order valence-corrected chi connectivity index (χ4v) is 1.85. The average Bonchev–Trinajstić information content (AvgIpc) is 2.20. The molecular weight excluding hydrogens is 252 g/mol. The number of halogens is 1. The first kappa shape index (κ1) is 12.4. The lowest BCUT2D eigenvalue weighted by atomic mass is 9.89. The van der Waals surface area contributed by atoms with Crippen molar-refractivity contribution in [1.82, 2.24) is 0 Å². The van der Waals surface area contributed by atoms with E-state index in [9.17, 15) is 4.79 Å². The Morgan fingerprint density at radius 1 is 1.27 bits per heavy atom. The van der Waals surface area contributed by atoms with Crippen LogP contribution in [0.4, 0.5) is 0 Å². The molecule has 0 fully saturated rings. The normalized spacial score (nSPS) is 12.9. The molecule has 0 aromatic heterocycles. The minimum Gasteiger partial charge on any atom is -0.294 e. The summed E-state index contributed by atoms with van der Waals surface area (Å²) in [7, 11) is 0. The molecule has 0 aliphatic heterocycles. The molecule has 0 aliphatic rings. The van der Waals surface area contributed by atoms with Gasteiger partial charge >= 0.3 is 0 Å². The minimum absolute atomic E-state index is 0.0723. The fraction of sp³-hybridized carbons (Fsp3) is 0.462. The number of hydrogen-bond donors (Lipinski definition) is 0. The van der Waals surface area contributed by atoms with Crippen LogP contribution in [0.1, 0.15) is 36.7 Å². The third kappa shape index (κ3) is 2.69. The van der Waals surface area contributed by atoms with Crippen LogP contribution < -0.4 is 0 Å². The highest BCUT2D eigenvalue weighted by molar-refractivity contribution is 9.10. The zero-order chi connectivity index (χ0) is 11.6. The second kappa shape index (κ2) is 4.93. The molecule has 1 aromatic rings. The van der Waals surface area contributed by atoms with Crippen LogP contribution in [0.15, 0.2) is 22.7 Å². The van der Waals surface area contributed by atoms with E-state index in [4.69, 9.17) is 0 Å². The van der Waals surface area contributed by atoms with Gasteiger partial charge in [-0.05, 0) is 34.3 Å². The molecule has 0 amide bonds. The van der Waals surface area contributed by atoms with E-state index in [1.807, 2.05) is 32.0 Å². The fourth-order valence-electron chi connectivity index (χ4n) is 1.39. The molecule has 0 saturated heterocycles. The summed E-state index contributed by atoms with van der Waals surface area (Å²) < 4.78 is 0.933. The maximum absolute atomic E-state index is 12.1. The molecule has 0 saturated carbocycles. The van der Waals surface area contributed by atoms with Gasteiger partial charge < -0.3 is 0 Å². The molecule has 0 bridgehead atoms. The molecule has 1 rings (SSSR count). The van der Waals surface area contributed by atoms with Crippen LogP contribution in [0.25, 0.3) is 0 Å². The number of carbonyl (C=O) groups is 1. The van der Waals surface area contributed by atoms with Crippen molar-refractivity contribution in [2.24, 2.45) is 11.8 Å². The molecule has 0 N–H and O–H groups in total. The standard InChI is InChI=1S/C13H17BrO/c1-8(2)10(4)13(15)11-7-5-6-9(3)12(11)14/h5-8,10H,1-4H3. The highest BCUT2D eigenvalue weighted by Gasteiger charge is 2.20. The number of carbonyl (C=O) groups excluding carboxylic acids is 1. The SMILES string of the molecule is Cc1cccc(C(=O)C(C)C(C)C)c1Br. The van der Waals surface area contributed by atoms with Crippen molar-refractivity contribution in [2.75, 3.05) is 0 Å². The van der Waals surface area contributed by atoms with Gasteiger partial charge in [-0.25, -0.2) is 0 Å². The zero-order valence-corrected chi connectivity index (χ0v) is 11.3. The Labute approximate surface area is 100 Å². The Kier molecular flexibility index (Phi) is 4.09. The predicted molar refractivity (Wildman–Crippen MR) is 67.2 cm³/mol. The largest absolute Gasteiger partial charge is 0.294 e. The van der Waals surface area contributed by atoms with Gasteiger partial charge in [0.1, 0.15) is 0 Å². The molecule has 0 spiro atoms. The first-order valence-corrected chi connectivity index (χ1v) is 6.03. The summed E-state index contributed by atoms with van der Waals surface area (Å²) in [6.07, 6.45) is 0. The van der Waals surface area contributed by atoms with Crippen molar-refractivity contribution in [1.29, 1.82) is 0 Å². The Bertz CT molecular complexity index is 369. The van der Waals surface area contributed by atoms with Gasteiger partial charge in [-0.15, -0.1) is 0 Å². The van der Waals surface area contributed by atoms with Crippen LogP contribution >= 0.6 is 15.9 Å². The molecule has 0 aliphatic carbocycles. The second-order valence-corrected chi connectivity index (χ2v) is 5.13. The van der Waals surface area contributed by atoms with Crippen LogP contribution in [0.2, 0.25) is 0 Å². The molecule has 1 aromatic carbocycles. The Hall–Kier alpha value is -0.630. The van der Waals surface area contributed by atoms with Crippen LogP contribution in [-0.2, 0) is 0 Å². The lowest BCUT2D eigenvalue weighted by molar-refractivity contribution is 0.0899. The van der Waals surface area contributed by atoms with E-state index in [1.165, 1.54) is 0 Å². The maximum atomic E-state index is 12.1. The number of benzene rings is 1. The molecule has 1 atom stereocenters. The summed E-state index contributed by atoms with van der Waals surface area (Å²) in [6.45, 7) is 8.14. The summed E-state index contributed by atoms with van der Waals surface area (Å²) in [5.41, 5.74) is 1.91. The van der Waals surface area contributed by atoms with Crippen molar-refractivity contribution in [3.8, 4) is 0 Å². The Morgan fingerprint density at radius 3 is 2.40 bits per heavy atom. The highest BCUT2D eigenvalue weighted by Crippen LogP contribution is 2.25. The van der Waals surface area contributed by atoms with Gasteiger partial charge in [0, 0.05) is 16.0 Å². The van der Waals surface area contributed by atoms with E-state index in [0.717, 1.165) is 15.6 Å².